The lowest BCUT2D eigenvalue weighted by Crippen LogP contribution is -2.45. The Labute approximate surface area is 156 Å². The molecule has 1 aromatic heterocycles. The molecule has 0 spiro atoms. The number of aromatic hydroxyl groups is 1. The van der Waals surface area contributed by atoms with E-state index in [2.05, 4.69) is 10.3 Å². The number of pyridine rings is 1. The van der Waals surface area contributed by atoms with Crippen LogP contribution < -0.4 is 5.32 Å². The molecule has 0 saturated carbocycles. The van der Waals surface area contributed by atoms with Crippen molar-refractivity contribution in [2.45, 2.75) is 18.9 Å². The molecule has 1 saturated heterocycles. The zero-order valence-electron chi connectivity index (χ0n) is 14.7. The Kier molecular flexibility index (Phi) is 4.62. The van der Waals surface area contributed by atoms with Gasteiger partial charge in [0.2, 0.25) is 0 Å². The van der Waals surface area contributed by atoms with Gasteiger partial charge in [-0.15, -0.1) is 0 Å². The van der Waals surface area contributed by atoms with Gasteiger partial charge in [-0.05, 0) is 43.2 Å². The van der Waals surface area contributed by atoms with E-state index >= 15 is 0 Å². The topological polar surface area (TPSA) is 65.5 Å². The van der Waals surface area contributed by atoms with E-state index in [1.165, 1.54) is 12.1 Å². The van der Waals surface area contributed by atoms with Crippen LogP contribution in [0.4, 0.5) is 10.1 Å². The molecule has 1 aliphatic heterocycles. The van der Waals surface area contributed by atoms with Crippen LogP contribution in [0.15, 0.2) is 54.7 Å². The molecule has 2 N–H and O–H groups in total. The van der Waals surface area contributed by atoms with Crippen LogP contribution in [0.2, 0.25) is 0 Å². The first-order chi connectivity index (χ1) is 13.1. The van der Waals surface area contributed by atoms with E-state index in [4.69, 9.17) is 0 Å². The number of hydrogen-bond donors (Lipinski definition) is 2. The minimum atomic E-state index is -0.294. The van der Waals surface area contributed by atoms with E-state index in [-0.39, 0.29) is 29.1 Å². The van der Waals surface area contributed by atoms with Crippen LogP contribution in [0.25, 0.3) is 10.9 Å². The summed E-state index contributed by atoms with van der Waals surface area (Å²) in [5.74, 6) is -0.596. The van der Waals surface area contributed by atoms with Crippen LogP contribution in [0.1, 0.15) is 23.2 Å². The molecule has 0 radical (unpaired) electrons. The summed E-state index contributed by atoms with van der Waals surface area (Å²) in [6.07, 6.45) is 3.33. The van der Waals surface area contributed by atoms with Crippen LogP contribution in [0, 0.1) is 5.82 Å². The average molecular weight is 365 g/mol. The molecule has 1 amide bonds. The summed E-state index contributed by atoms with van der Waals surface area (Å²) in [6.45, 7) is 1.12. The summed E-state index contributed by atoms with van der Waals surface area (Å²) in [6, 6.07) is 13.4. The highest BCUT2D eigenvalue weighted by Crippen LogP contribution is 2.29. The number of rotatable bonds is 3. The van der Waals surface area contributed by atoms with Crippen LogP contribution in [0.3, 0.4) is 0 Å². The predicted molar refractivity (Wildman–Crippen MR) is 102 cm³/mol. The summed E-state index contributed by atoms with van der Waals surface area (Å²) in [5, 5.41) is 14.6. The molecule has 1 fully saturated rings. The Hall–Kier alpha value is -3.15. The van der Waals surface area contributed by atoms with Gasteiger partial charge in [-0.3, -0.25) is 9.78 Å². The van der Waals surface area contributed by atoms with Crippen molar-refractivity contribution in [1.29, 1.82) is 0 Å². The van der Waals surface area contributed by atoms with Gasteiger partial charge >= 0.3 is 0 Å². The van der Waals surface area contributed by atoms with Gasteiger partial charge < -0.3 is 15.3 Å². The standard InChI is InChI=1S/C21H20FN3O2/c22-15-5-1-6-16(12-15)24-17-7-3-11-25(13-17)21(27)18-9-8-14-4-2-10-23-19(14)20(18)26/h1-2,4-6,8-10,12,17,24,26H,3,7,11,13H2/t17-/m0/s1. The Morgan fingerprint density at radius 3 is 2.96 bits per heavy atom. The van der Waals surface area contributed by atoms with Gasteiger partial charge in [-0.1, -0.05) is 18.2 Å². The van der Waals surface area contributed by atoms with E-state index in [1.54, 1.807) is 35.4 Å². The number of nitrogens with one attached hydrogen (secondary N) is 1. The minimum Gasteiger partial charge on any atom is -0.505 e. The second-order valence-corrected chi connectivity index (χ2v) is 6.78. The van der Waals surface area contributed by atoms with Crippen molar-refractivity contribution in [1.82, 2.24) is 9.88 Å². The molecule has 4 rings (SSSR count). The third-order valence-electron chi connectivity index (χ3n) is 4.88. The van der Waals surface area contributed by atoms with E-state index in [0.717, 1.165) is 18.2 Å². The smallest absolute Gasteiger partial charge is 0.257 e. The second-order valence-electron chi connectivity index (χ2n) is 6.78. The highest BCUT2D eigenvalue weighted by Gasteiger charge is 2.26. The molecule has 0 bridgehead atoms. The third kappa shape index (κ3) is 3.56. The van der Waals surface area contributed by atoms with Gasteiger partial charge in [0.1, 0.15) is 11.3 Å². The lowest BCUT2D eigenvalue weighted by Gasteiger charge is -2.34. The molecule has 27 heavy (non-hydrogen) atoms. The highest BCUT2D eigenvalue weighted by atomic mass is 19.1. The minimum absolute atomic E-state index is 0.0326. The number of phenols is 1. The number of anilines is 1. The SMILES string of the molecule is O=C(c1ccc2cccnc2c1O)N1CCC[C@H](Nc2cccc(F)c2)C1. The van der Waals surface area contributed by atoms with Gasteiger partial charge in [0.15, 0.2) is 5.75 Å². The summed E-state index contributed by atoms with van der Waals surface area (Å²) >= 11 is 0. The van der Waals surface area contributed by atoms with Crippen molar-refractivity contribution < 1.29 is 14.3 Å². The lowest BCUT2D eigenvalue weighted by molar-refractivity contribution is 0.0712. The Morgan fingerprint density at radius 2 is 2.11 bits per heavy atom. The number of nitrogens with zero attached hydrogens (tertiary/aromatic N) is 2. The fourth-order valence-corrected chi connectivity index (χ4v) is 3.57. The number of piperidine rings is 1. The second kappa shape index (κ2) is 7.23. The maximum atomic E-state index is 13.4. The Balaban J connectivity index is 1.53. The largest absolute Gasteiger partial charge is 0.505 e. The average Bonchev–Trinajstić information content (AvgIpc) is 2.68. The molecule has 0 unspecified atom stereocenters. The summed E-state index contributed by atoms with van der Waals surface area (Å²) in [4.78, 5) is 18.9. The zero-order chi connectivity index (χ0) is 18.8. The van der Waals surface area contributed by atoms with Crippen molar-refractivity contribution in [2.75, 3.05) is 18.4 Å². The molecule has 2 heterocycles. The van der Waals surface area contributed by atoms with E-state index < -0.39 is 0 Å². The molecule has 0 aliphatic carbocycles. The molecule has 2 aromatic carbocycles. The first-order valence-corrected chi connectivity index (χ1v) is 9.00. The van der Waals surface area contributed by atoms with Gasteiger partial charge in [-0.2, -0.15) is 0 Å². The number of hydrogen-bond acceptors (Lipinski definition) is 4. The number of fused-ring (bicyclic) bond motifs is 1. The third-order valence-corrected chi connectivity index (χ3v) is 4.88. The van der Waals surface area contributed by atoms with Gasteiger partial charge in [0, 0.05) is 36.4 Å². The van der Waals surface area contributed by atoms with Crippen LogP contribution in [0.5, 0.6) is 5.75 Å². The number of likely N-dealkylation sites (tertiary alicyclic amines) is 1. The quantitative estimate of drug-likeness (QED) is 0.741. The van der Waals surface area contributed by atoms with Crippen molar-refractivity contribution >= 4 is 22.5 Å². The highest BCUT2D eigenvalue weighted by molar-refractivity contribution is 6.02. The number of benzene rings is 2. The fraction of sp³-hybridized carbons (Fsp3) is 0.238. The van der Waals surface area contributed by atoms with Gasteiger partial charge in [0.25, 0.3) is 5.91 Å². The molecule has 138 valence electrons. The van der Waals surface area contributed by atoms with Crippen molar-refractivity contribution in [3.63, 3.8) is 0 Å². The Morgan fingerprint density at radius 1 is 1.22 bits per heavy atom. The van der Waals surface area contributed by atoms with Crippen LogP contribution >= 0.6 is 0 Å². The normalized spacial score (nSPS) is 17.1. The van der Waals surface area contributed by atoms with E-state index in [1.807, 2.05) is 12.1 Å². The van der Waals surface area contributed by atoms with E-state index in [0.29, 0.717) is 24.3 Å². The number of carbonyl (C=O) groups excluding carboxylic acids is 1. The molecular formula is C21H20FN3O2. The summed E-state index contributed by atoms with van der Waals surface area (Å²) in [5.41, 5.74) is 1.38. The number of carbonyl (C=O) groups is 1. The summed E-state index contributed by atoms with van der Waals surface area (Å²) in [7, 11) is 0. The van der Waals surface area contributed by atoms with Crippen LogP contribution in [-0.2, 0) is 0 Å². The first-order valence-electron chi connectivity index (χ1n) is 9.00. The van der Waals surface area contributed by atoms with Crippen molar-refractivity contribution in [2.24, 2.45) is 0 Å². The lowest BCUT2D eigenvalue weighted by atomic mass is 10.0. The van der Waals surface area contributed by atoms with Gasteiger partial charge in [0.05, 0.1) is 5.56 Å². The summed E-state index contributed by atoms with van der Waals surface area (Å²) < 4.78 is 13.4. The maximum Gasteiger partial charge on any atom is 0.257 e. The molecule has 1 aliphatic rings. The first kappa shape index (κ1) is 17.3. The van der Waals surface area contributed by atoms with Gasteiger partial charge in [-0.25, -0.2) is 4.39 Å². The number of amides is 1. The molecule has 1 atom stereocenters. The predicted octanol–water partition coefficient (Wildman–Crippen LogP) is 3.80. The maximum absolute atomic E-state index is 13.4. The number of aromatic nitrogens is 1. The molecule has 3 aromatic rings. The molecule has 6 heteroatoms. The molecular weight excluding hydrogens is 345 g/mol. The number of halogens is 1. The van der Waals surface area contributed by atoms with Crippen molar-refractivity contribution in [3.8, 4) is 5.75 Å². The molecule has 5 nitrogen and oxygen atoms in total. The van der Waals surface area contributed by atoms with Crippen LogP contribution in [-0.4, -0.2) is 40.0 Å². The number of phenolic OH excluding ortho intramolecular Hbond substituents is 1. The zero-order valence-corrected chi connectivity index (χ0v) is 14.7. The monoisotopic (exact) mass is 365 g/mol. The fourth-order valence-electron chi connectivity index (χ4n) is 3.57. The Bertz CT molecular complexity index is 992. The van der Waals surface area contributed by atoms with E-state index in [9.17, 15) is 14.3 Å². The van der Waals surface area contributed by atoms with Crippen molar-refractivity contribution in [3.05, 3.63) is 66.1 Å².